The van der Waals surface area contributed by atoms with Gasteiger partial charge in [0.1, 0.15) is 11.6 Å². The number of aromatic nitrogens is 1. The molecule has 0 saturated carbocycles. The first-order valence-electron chi connectivity index (χ1n) is 9.29. The number of nitrogens with two attached hydrogens (primary N) is 1. The largest absolute Gasteiger partial charge is 0.462 e. The lowest BCUT2D eigenvalue weighted by atomic mass is 10.0. The molecule has 1 amide bonds. The Labute approximate surface area is 168 Å². The highest BCUT2D eigenvalue weighted by atomic mass is 16.6. The van der Waals surface area contributed by atoms with Gasteiger partial charge in [0.15, 0.2) is 0 Å². The van der Waals surface area contributed by atoms with Crippen LogP contribution in [0.4, 0.5) is 0 Å². The fourth-order valence-corrected chi connectivity index (χ4v) is 2.72. The Bertz CT molecular complexity index is 909. The van der Waals surface area contributed by atoms with Crippen LogP contribution in [0.2, 0.25) is 0 Å². The average Bonchev–Trinajstić information content (AvgIpc) is 3.10. The summed E-state index contributed by atoms with van der Waals surface area (Å²) >= 11 is 0. The molecular weight excluding hydrogens is 374 g/mol. The van der Waals surface area contributed by atoms with Crippen LogP contribution < -0.4 is 11.1 Å². The standard InChI is InChI=1S/C21H25N3O5/c1-3-28-20(26)16(21(27)29-4-2)9-7-11-23-18(19(22)25)12-14-13-24-17-10-6-5-8-15(14)17/h5-11,13,18,23-24H,3-4,12H2,1-2H3,(H2,22,25)/b11-7+/t18-/m0/s1. The van der Waals surface area contributed by atoms with Crippen molar-refractivity contribution in [3.8, 4) is 0 Å². The molecule has 8 heteroatoms. The number of hydrogen-bond donors (Lipinski definition) is 3. The van der Waals surface area contributed by atoms with Gasteiger partial charge in [0.05, 0.1) is 13.2 Å². The summed E-state index contributed by atoms with van der Waals surface area (Å²) in [7, 11) is 0. The molecule has 0 bridgehead atoms. The lowest BCUT2D eigenvalue weighted by molar-refractivity contribution is -0.146. The number of H-pyrrole nitrogens is 1. The van der Waals surface area contributed by atoms with Crippen LogP contribution in [0.25, 0.3) is 10.9 Å². The Morgan fingerprint density at radius 2 is 1.79 bits per heavy atom. The molecule has 0 aliphatic carbocycles. The molecule has 0 fully saturated rings. The number of allylic oxidation sites excluding steroid dienone is 2. The molecule has 1 aromatic carbocycles. The van der Waals surface area contributed by atoms with Crippen molar-refractivity contribution in [1.29, 1.82) is 0 Å². The van der Waals surface area contributed by atoms with Crippen LogP contribution in [0.15, 0.2) is 54.4 Å². The van der Waals surface area contributed by atoms with Crippen molar-refractivity contribution in [2.24, 2.45) is 5.73 Å². The van der Waals surface area contributed by atoms with Crippen molar-refractivity contribution in [2.45, 2.75) is 26.3 Å². The van der Waals surface area contributed by atoms with Crippen molar-refractivity contribution < 1.29 is 23.9 Å². The van der Waals surface area contributed by atoms with Gasteiger partial charge in [-0.05, 0) is 43.8 Å². The number of para-hydroxylation sites is 1. The van der Waals surface area contributed by atoms with Crippen LogP contribution >= 0.6 is 0 Å². The lowest BCUT2D eigenvalue weighted by Crippen LogP contribution is -2.40. The van der Waals surface area contributed by atoms with Gasteiger partial charge < -0.3 is 25.5 Å². The summed E-state index contributed by atoms with van der Waals surface area (Å²) in [6.07, 6.45) is 6.35. The quantitative estimate of drug-likeness (QED) is 0.184. The number of primary amides is 1. The molecule has 0 aliphatic heterocycles. The van der Waals surface area contributed by atoms with Gasteiger partial charge in [0.2, 0.25) is 5.91 Å². The molecule has 2 aromatic rings. The van der Waals surface area contributed by atoms with E-state index in [2.05, 4.69) is 10.3 Å². The summed E-state index contributed by atoms with van der Waals surface area (Å²) in [5.74, 6) is -2.08. The first-order valence-corrected chi connectivity index (χ1v) is 9.29. The van der Waals surface area contributed by atoms with Gasteiger partial charge in [-0.25, -0.2) is 9.59 Å². The number of carbonyl (C=O) groups is 3. The van der Waals surface area contributed by atoms with Gasteiger partial charge in [-0.3, -0.25) is 4.79 Å². The highest BCUT2D eigenvalue weighted by Gasteiger charge is 2.20. The molecular formula is C21H25N3O5. The number of nitrogens with one attached hydrogen (secondary N) is 2. The van der Waals surface area contributed by atoms with E-state index in [-0.39, 0.29) is 18.8 Å². The molecule has 8 nitrogen and oxygen atoms in total. The monoisotopic (exact) mass is 399 g/mol. The zero-order chi connectivity index (χ0) is 21.2. The first-order chi connectivity index (χ1) is 14.0. The Morgan fingerprint density at radius 3 is 2.41 bits per heavy atom. The van der Waals surface area contributed by atoms with E-state index in [0.29, 0.717) is 6.42 Å². The second-order valence-electron chi connectivity index (χ2n) is 6.07. The van der Waals surface area contributed by atoms with Crippen LogP contribution in [0.3, 0.4) is 0 Å². The van der Waals surface area contributed by atoms with E-state index in [9.17, 15) is 14.4 Å². The molecule has 0 aliphatic rings. The van der Waals surface area contributed by atoms with E-state index in [1.165, 1.54) is 18.4 Å². The maximum Gasteiger partial charge on any atom is 0.345 e. The summed E-state index contributed by atoms with van der Waals surface area (Å²) in [5.41, 5.74) is 7.18. The second-order valence-corrected chi connectivity index (χ2v) is 6.07. The van der Waals surface area contributed by atoms with Gasteiger partial charge in [-0.1, -0.05) is 18.2 Å². The second kappa shape index (κ2) is 10.7. The van der Waals surface area contributed by atoms with Gasteiger partial charge in [-0.15, -0.1) is 0 Å². The third-order valence-corrected chi connectivity index (χ3v) is 4.09. The lowest BCUT2D eigenvalue weighted by Gasteiger charge is -2.13. The molecule has 0 unspecified atom stereocenters. The molecule has 1 aromatic heterocycles. The Balaban J connectivity index is 2.10. The van der Waals surface area contributed by atoms with Crippen LogP contribution in [-0.2, 0) is 30.3 Å². The minimum absolute atomic E-state index is 0.131. The van der Waals surface area contributed by atoms with Crippen molar-refractivity contribution in [2.75, 3.05) is 13.2 Å². The summed E-state index contributed by atoms with van der Waals surface area (Å²) < 4.78 is 9.72. The summed E-state index contributed by atoms with van der Waals surface area (Å²) in [6, 6.07) is 7.08. The van der Waals surface area contributed by atoms with E-state index in [0.717, 1.165) is 16.5 Å². The number of benzene rings is 1. The third kappa shape index (κ3) is 5.97. The number of amides is 1. The van der Waals surface area contributed by atoms with E-state index in [1.54, 1.807) is 13.8 Å². The number of carbonyl (C=O) groups excluding carboxylic acids is 3. The van der Waals surface area contributed by atoms with Crippen LogP contribution in [0.1, 0.15) is 19.4 Å². The summed E-state index contributed by atoms with van der Waals surface area (Å²) in [6.45, 7) is 3.54. The maximum absolute atomic E-state index is 11.9. The van der Waals surface area contributed by atoms with Crippen molar-refractivity contribution in [3.63, 3.8) is 0 Å². The Hall–Kier alpha value is -3.55. The van der Waals surface area contributed by atoms with E-state index < -0.39 is 23.9 Å². The Kier molecular flexibility index (Phi) is 8.02. The number of hydrogen-bond acceptors (Lipinski definition) is 6. The SMILES string of the molecule is CCOC(=O)C(=C/C=C/N[C@@H](Cc1c[nH]c2ccccc12)C(N)=O)C(=O)OCC. The zero-order valence-corrected chi connectivity index (χ0v) is 16.4. The van der Waals surface area contributed by atoms with Crippen LogP contribution in [0.5, 0.6) is 0 Å². The topological polar surface area (TPSA) is 124 Å². The van der Waals surface area contributed by atoms with E-state index in [1.807, 2.05) is 30.5 Å². The van der Waals surface area contributed by atoms with Crippen LogP contribution in [-0.4, -0.2) is 42.1 Å². The van der Waals surface area contributed by atoms with Gasteiger partial charge >= 0.3 is 11.9 Å². The predicted molar refractivity (Wildman–Crippen MR) is 109 cm³/mol. The molecule has 4 N–H and O–H groups in total. The fourth-order valence-electron chi connectivity index (χ4n) is 2.72. The van der Waals surface area contributed by atoms with E-state index >= 15 is 0 Å². The minimum atomic E-state index is -0.777. The summed E-state index contributed by atoms with van der Waals surface area (Å²) in [5, 5.41) is 3.91. The number of fused-ring (bicyclic) bond motifs is 1. The predicted octanol–water partition coefficient (Wildman–Crippen LogP) is 1.72. The maximum atomic E-state index is 11.9. The number of ether oxygens (including phenoxy) is 2. The minimum Gasteiger partial charge on any atom is -0.462 e. The molecule has 0 radical (unpaired) electrons. The highest BCUT2D eigenvalue weighted by Crippen LogP contribution is 2.19. The molecule has 0 saturated heterocycles. The van der Waals surface area contributed by atoms with Crippen LogP contribution in [0, 0.1) is 0 Å². The first kappa shape index (κ1) is 21.7. The van der Waals surface area contributed by atoms with Crippen molar-refractivity contribution in [1.82, 2.24) is 10.3 Å². The van der Waals surface area contributed by atoms with Gasteiger partial charge in [-0.2, -0.15) is 0 Å². The number of esters is 2. The number of rotatable bonds is 10. The molecule has 154 valence electrons. The highest BCUT2D eigenvalue weighted by molar-refractivity contribution is 6.14. The summed E-state index contributed by atoms with van der Waals surface area (Å²) in [4.78, 5) is 38.8. The molecule has 2 rings (SSSR count). The molecule has 1 heterocycles. The molecule has 1 atom stereocenters. The fraction of sp³-hybridized carbons (Fsp3) is 0.286. The third-order valence-electron chi connectivity index (χ3n) is 4.09. The normalized spacial score (nSPS) is 11.8. The van der Waals surface area contributed by atoms with E-state index in [4.69, 9.17) is 15.2 Å². The van der Waals surface area contributed by atoms with Gasteiger partial charge in [0, 0.05) is 23.5 Å². The van der Waals surface area contributed by atoms with Crippen molar-refractivity contribution >= 4 is 28.7 Å². The molecule has 0 spiro atoms. The zero-order valence-electron chi connectivity index (χ0n) is 16.4. The Morgan fingerprint density at radius 1 is 1.14 bits per heavy atom. The molecule has 29 heavy (non-hydrogen) atoms. The average molecular weight is 399 g/mol. The van der Waals surface area contributed by atoms with Gasteiger partial charge in [0.25, 0.3) is 0 Å². The smallest absolute Gasteiger partial charge is 0.345 e. The van der Waals surface area contributed by atoms with Crippen molar-refractivity contribution in [3.05, 3.63) is 60.0 Å². The number of aromatic amines is 1.